The first-order valence-electron chi connectivity index (χ1n) is 7.57. The molecule has 1 amide bonds. The van der Waals surface area contributed by atoms with E-state index >= 15 is 0 Å². The number of benzene rings is 2. The Morgan fingerprint density at radius 3 is 2.39 bits per heavy atom. The third kappa shape index (κ3) is 4.55. The van der Waals surface area contributed by atoms with Crippen molar-refractivity contribution in [2.24, 2.45) is 0 Å². The zero-order chi connectivity index (χ0) is 16.9. The fraction of sp³-hybridized carbons (Fsp3) is 0.316. The van der Waals surface area contributed by atoms with Crippen LogP contribution in [0.4, 0.5) is 4.39 Å². The van der Waals surface area contributed by atoms with Gasteiger partial charge in [-0.05, 0) is 29.3 Å². The lowest BCUT2D eigenvalue weighted by molar-refractivity contribution is -0.120. The van der Waals surface area contributed by atoms with Gasteiger partial charge in [0.25, 0.3) is 0 Å². The Kier molecular flexibility index (Phi) is 5.37. The van der Waals surface area contributed by atoms with Gasteiger partial charge in [-0.2, -0.15) is 0 Å². The maximum atomic E-state index is 13.9. The quantitative estimate of drug-likeness (QED) is 0.886. The fourth-order valence-corrected chi connectivity index (χ4v) is 2.42. The summed E-state index contributed by atoms with van der Waals surface area (Å²) in [6, 6.07) is 14.0. The minimum absolute atomic E-state index is 0.0837. The molecule has 2 rings (SSSR count). The van der Waals surface area contributed by atoms with Gasteiger partial charge in [0.05, 0.1) is 13.5 Å². The normalized spacial score (nSPS) is 11.1. The molecule has 0 radical (unpaired) electrons. The monoisotopic (exact) mass is 315 g/mol. The van der Waals surface area contributed by atoms with Crippen molar-refractivity contribution < 1.29 is 13.9 Å². The summed E-state index contributed by atoms with van der Waals surface area (Å²) >= 11 is 0. The zero-order valence-electron chi connectivity index (χ0n) is 13.7. The van der Waals surface area contributed by atoms with Gasteiger partial charge in [-0.3, -0.25) is 4.79 Å². The van der Waals surface area contributed by atoms with Crippen molar-refractivity contribution in [1.29, 1.82) is 0 Å². The van der Waals surface area contributed by atoms with Crippen LogP contribution in [-0.2, 0) is 16.6 Å². The van der Waals surface area contributed by atoms with Gasteiger partial charge in [0.1, 0.15) is 11.6 Å². The van der Waals surface area contributed by atoms with E-state index in [1.807, 2.05) is 38.1 Å². The van der Waals surface area contributed by atoms with E-state index < -0.39 is 5.41 Å². The molecule has 0 heterocycles. The Bertz CT molecular complexity index is 665. The summed E-state index contributed by atoms with van der Waals surface area (Å²) in [4.78, 5) is 12.1. The number of ether oxygens (including phenoxy) is 1. The number of rotatable bonds is 6. The third-order valence-electron chi connectivity index (χ3n) is 3.85. The molecule has 122 valence electrons. The van der Waals surface area contributed by atoms with Gasteiger partial charge in [-0.15, -0.1) is 0 Å². The van der Waals surface area contributed by atoms with Gasteiger partial charge in [-0.1, -0.05) is 44.2 Å². The minimum Gasteiger partial charge on any atom is -0.497 e. The van der Waals surface area contributed by atoms with Crippen LogP contribution in [0.2, 0.25) is 0 Å². The molecule has 0 aromatic heterocycles. The Balaban J connectivity index is 1.94. The van der Waals surface area contributed by atoms with Crippen LogP contribution in [0.25, 0.3) is 0 Å². The second-order valence-electron chi connectivity index (χ2n) is 6.17. The molecule has 0 saturated carbocycles. The fourth-order valence-electron chi connectivity index (χ4n) is 2.42. The summed E-state index contributed by atoms with van der Waals surface area (Å²) in [6.07, 6.45) is 0.289. The molecule has 0 atom stereocenters. The van der Waals surface area contributed by atoms with Crippen molar-refractivity contribution >= 4 is 5.91 Å². The van der Waals surface area contributed by atoms with Crippen LogP contribution in [0, 0.1) is 5.82 Å². The lowest BCUT2D eigenvalue weighted by atomic mass is 9.84. The molecule has 0 fully saturated rings. The number of hydrogen-bond acceptors (Lipinski definition) is 2. The number of halogens is 1. The van der Waals surface area contributed by atoms with Crippen LogP contribution >= 0.6 is 0 Å². The Hall–Kier alpha value is -2.36. The molecule has 0 spiro atoms. The van der Waals surface area contributed by atoms with Gasteiger partial charge >= 0.3 is 0 Å². The van der Waals surface area contributed by atoms with Gasteiger partial charge < -0.3 is 10.1 Å². The first kappa shape index (κ1) is 17.0. The summed E-state index contributed by atoms with van der Waals surface area (Å²) in [6.45, 7) is 4.21. The van der Waals surface area contributed by atoms with E-state index in [0.29, 0.717) is 12.1 Å². The van der Waals surface area contributed by atoms with Crippen molar-refractivity contribution in [3.8, 4) is 5.75 Å². The highest BCUT2D eigenvalue weighted by molar-refractivity contribution is 5.78. The molecule has 1 N–H and O–H groups in total. The first-order valence-corrected chi connectivity index (χ1v) is 7.57. The number of methoxy groups -OCH3 is 1. The minimum atomic E-state index is -0.471. The molecule has 0 aliphatic carbocycles. The van der Waals surface area contributed by atoms with Gasteiger partial charge in [0.2, 0.25) is 5.91 Å². The largest absolute Gasteiger partial charge is 0.497 e. The van der Waals surface area contributed by atoms with E-state index in [-0.39, 0.29) is 18.1 Å². The lowest BCUT2D eigenvalue weighted by Crippen LogP contribution is -2.37. The summed E-state index contributed by atoms with van der Waals surface area (Å²) in [5, 5.41) is 2.89. The predicted molar refractivity (Wildman–Crippen MR) is 89.1 cm³/mol. The Morgan fingerprint density at radius 2 is 1.78 bits per heavy atom. The summed E-state index contributed by atoms with van der Waals surface area (Å²) in [5.74, 6) is 0.427. The maximum absolute atomic E-state index is 13.9. The average molecular weight is 315 g/mol. The van der Waals surface area contributed by atoms with Crippen molar-refractivity contribution in [3.05, 3.63) is 65.5 Å². The first-order chi connectivity index (χ1) is 10.9. The predicted octanol–water partition coefficient (Wildman–Crippen LogP) is 3.47. The van der Waals surface area contributed by atoms with Crippen LogP contribution in [0.5, 0.6) is 5.75 Å². The average Bonchev–Trinajstić information content (AvgIpc) is 2.54. The van der Waals surface area contributed by atoms with Gasteiger partial charge in [-0.25, -0.2) is 4.39 Å². The number of carbonyl (C=O) groups excluding carboxylic acids is 1. The molecule has 2 aromatic carbocycles. The smallest absolute Gasteiger partial charge is 0.224 e. The zero-order valence-corrected chi connectivity index (χ0v) is 13.7. The standard InChI is InChI=1S/C19H22FNO2/c1-19(2,16-6-4-5-7-17(16)20)13-21-18(22)12-14-8-10-15(23-3)11-9-14/h4-11H,12-13H2,1-3H3,(H,21,22). The molecular weight excluding hydrogens is 293 g/mol. The molecule has 0 aliphatic rings. The van der Waals surface area contributed by atoms with E-state index in [0.717, 1.165) is 11.3 Å². The van der Waals surface area contributed by atoms with Crippen molar-refractivity contribution in [1.82, 2.24) is 5.32 Å². The van der Waals surface area contributed by atoms with Crippen molar-refractivity contribution in [2.45, 2.75) is 25.7 Å². The lowest BCUT2D eigenvalue weighted by Gasteiger charge is -2.26. The second-order valence-corrected chi connectivity index (χ2v) is 6.17. The number of amides is 1. The van der Waals surface area contributed by atoms with Gasteiger partial charge in [0.15, 0.2) is 0 Å². The summed E-state index contributed by atoms with van der Waals surface area (Å²) in [7, 11) is 1.60. The van der Waals surface area contributed by atoms with Crippen LogP contribution in [0.1, 0.15) is 25.0 Å². The highest BCUT2D eigenvalue weighted by atomic mass is 19.1. The Morgan fingerprint density at radius 1 is 1.13 bits per heavy atom. The van der Waals surface area contributed by atoms with E-state index in [1.54, 1.807) is 25.3 Å². The van der Waals surface area contributed by atoms with Crippen LogP contribution in [0.3, 0.4) is 0 Å². The summed E-state index contributed by atoms with van der Waals surface area (Å²) in [5.41, 5.74) is 1.04. The molecule has 3 nitrogen and oxygen atoms in total. The topological polar surface area (TPSA) is 38.3 Å². The van der Waals surface area contributed by atoms with E-state index in [4.69, 9.17) is 4.74 Å². The summed E-state index contributed by atoms with van der Waals surface area (Å²) < 4.78 is 19.0. The number of hydrogen-bond donors (Lipinski definition) is 1. The molecule has 0 saturated heterocycles. The molecule has 0 bridgehead atoms. The molecule has 0 aliphatic heterocycles. The van der Waals surface area contributed by atoms with Crippen molar-refractivity contribution in [2.75, 3.05) is 13.7 Å². The SMILES string of the molecule is COc1ccc(CC(=O)NCC(C)(C)c2ccccc2F)cc1. The van der Waals surface area contributed by atoms with Gasteiger partial charge in [0, 0.05) is 12.0 Å². The van der Waals surface area contributed by atoms with Crippen LogP contribution in [0.15, 0.2) is 48.5 Å². The van der Waals surface area contributed by atoms with Crippen molar-refractivity contribution in [3.63, 3.8) is 0 Å². The second kappa shape index (κ2) is 7.27. The highest BCUT2D eigenvalue weighted by Gasteiger charge is 2.24. The van der Waals surface area contributed by atoms with E-state index in [2.05, 4.69) is 5.32 Å². The Labute approximate surface area is 136 Å². The number of carbonyl (C=O) groups is 1. The maximum Gasteiger partial charge on any atom is 0.224 e. The van der Waals surface area contributed by atoms with Crippen LogP contribution < -0.4 is 10.1 Å². The van der Waals surface area contributed by atoms with Crippen LogP contribution in [-0.4, -0.2) is 19.6 Å². The molecular formula is C19H22FNO2. The number of nitrogens with one attached hydrogen (secondary N) is 1. The molecule has 23 heavy (non-hydrogen) atoms. The molecule has 4 heteroatoms. The highest BCUT2D eigenvalue weighted by Crippen LogP contribution is 2.24. The molecule has 2 aromatic rings. The third-order valence-corrected chi connectivity index (χ3v) is 3.85. The molecule has 0 unspecified atom stereocenters. The van der Waals surface area contributed by atoms with E-state index in [9.17, 15) is 9.18 Å². The van der Waals surface area contributed by atoms with E-state index in [1.165, 1.54) is 6.07 Å².